The topological polar surface area (TPSA) is 20.3 Å². The van der Waals surface area contributed by atoms with E-state index in [0.717, 1.165) is 6.07 Å². The van der Waals surface area contributed by atoms with E-state index in [1.165, 1.54) is 17.0 Å². The molecule has 5 heteroatoms. The fourth-order valence-corrected chi connectivity index (χ4v) is 1.21. The number of rotatable bonds is 3. The van der Waals surface area contributed by atoms with Gasteiger partial charge in [0.1, 0.15) is 11.6 Å². The Balaban J connectivity index is 2.62. The van der Waals surface area contributed by atoms with Crippen LogP contribution in [0.15, 0.2) is 18.2 Å². The van der Waals surface area contributed by atoms with Crippen LogP contribution in [0.1, 0.15) is 5.56 Å². The summed E-state index contributed by atoms with van der Waals surface area (Å²) in [5.74, 6) is -1.19. The predicted octanol–water partition coefficient (Wildman–Crippen LogP) is 2.49. The molecule has 0 aromatic heterocycles. The maximum atomic E-state index is 13.1. The number of hydrogen-bond acceptors (Lipinski definition) is 1. The molecule has 0 heterocycles. The Morgan fingerprint density at radius 2 is 2.13 bits per heavy atom. The van der Waals surface area contributed by atoms with E-state index < -0.39 is 11.6 Å². The number of benzene rings is 1. The molecule has 0 aliphatic heterocycles. The summed E-state index contributed by atoms with van der Waals surface area (Å²) >= 11 is 3.61. The molecule has 1 aromatic rings. The summed E-state index contributed by atoms with van der Waals surface area (Å²) in [5, 5.41) is -0.377. The minimum absolute atomic E-state index is 0.342. The lowest BCUT2D eigenvalue weighted by Gasteiger charge is -2.13. The second-order valence-electron chi connectivity index (χ2n) is 3.19. The quantitative estimate of drug-likeness (QED) is 0.792. The van der Waals surface area contributed by atoms with Gasteiger partial charge in [-0.15, -0.1) is 0 Å². The molecule has 0 unspecified atom stereocenters. The highest BCUT2D eigenvalue weighted by molar-refractivity contribution is 7.96. The first-order valence-electron chi connectivity index (χ1n) is 4.38. The van der Waals surface area contributed by atoms with Gasteiger partial charge in [0, 0.05) is 19.7 Å². The summed E-state index contributed by atoms with van der Waals surface area (Å²) < 4.78 is 25.7. The van der Waals surface area contributed by atoms with Crippen LogP contribution >= 0.6 is 12.6 Å². The average Bonchev–Trinajstić information content (AvgIpc) is 2.15. The summed E-state index contributed by atoms with van der Waals surface area (Å²) in [5.41, 5.74) is 0.387. The number of likely N-dealkylation sites (N-methyl/N-ethyl adjacent to an activating group) is 1. The van der Waals surface area contributed by atoms with Crippen molar-refractivity contribution in [3.05, 3.63) is 35.4 Å². The second-order valence-corrected chi connectivity index (χ2v) is 3.57. The third kappa shape index (κ3) is 3.51. The molecule has 0 spiro atoms. The fraction of sp³-hybridized carbons (Fsp3) is 0.300. The van der Waals surface area contributed by atoms with Crippen LogP contribution in [0.2, 0.25) is 0 Å². The van der Waals surface area contributed by atoms with Crippen molar-refractivity contribution in [3.63, 3.8) is 0 Å². The molecule has 1 aromatic carbocycles. The average molecular weight is 231 g/mol. The summed E-state index contributed by atoms with van der Waals surface area (Å²) in [6.07, 6.45) is 0.342. The Bertz CT molecular complexity index is 370. The van der Waals surface area contributed by atoms with Crippen molar-refractivity contribution in [2.45, 2.75) is 6.42 Å². The van der Waals surface area contributed by atoms with E-state index in [9.17, 15) is 13.6 Å². The van der Waals surface area contributed by atoms with Gasteiger partial charge in [-0.25, -0.2) is 8.78 Å². The first-order chi connectivity index (χ1) is 7.00. The van der Waals surface area contributed by atoms with Crippen molar-refractivity contribution in [1.82, 2.24) is 4.90 Å². The number of thiol groups is 1. The van der Waals surface area contributed by atoms with E-state index in [4.69, 9.17) is 0 Å². The maximum Gasteiger partial charge on any atom is 0.278 e. The normalized spacial score (nSPS) is 10.1. The summed E-state index contributed by atoms with van der Waals surface area (Å²) in [6, 6.07) is 3.40. The Hall–Kier alpha value is -1.10. The van der Waals surface area contributed by atoms with Crippen molar-refractivity contribution in [1.29, 1.82) is 0 Å². The van der Waals surface area contributed by atoms with Crippen LogP contribution in [0.25, 0.3) is 0 Å². The fourth-order valence-electron chi connectivity index (χ4n) is 1.11. The van der Waals surface area contributed by atoms with Gasteiger partial charge in [0.25, 0.3) is 5.24 Å². The van der Waals surface area contributed by atoms with Crippen LogP contribution in [0.3, 0.4) is 0 Å². The van der Waals surface area contributed by atoms with Gasteiger partial charge in [0.05, 0.1) is 0 Å². The van der Waals surface area contributed by atoms with Crippen LogP contribution in [0, 0.1) is 11.6 Å². The molecule has 0 N–H and O–H groups in total. The number of nitrogens with zero attached hydrogens (tertiary/aromatic N) is 1. The number of halogens is 2. The zero-order chi connectivity index (χ0) is 11.4. The largest absolute Gasteiger partial charge is 0.337 e. The van der Waals surface area contributed by atoms with Gasteiger partial charge in [-0.3, -0.25) is 4.79 Å². The van der Waals surface area contributed by atoms with Gasteiger partial charge in [-0.1, -0.05) is 18.7 Å². The van der Waals surface area contributed by atoms with Crippen molar-refractivity contribution in [2.75, 3.05) is 13.6 Å². The van der Waals surface area contributed by atoms with E-state index in [-0.39, 0.29) is 5.24 Å². The van der Waals surface area contributed by atoms with Crippen molar-refractivity contribution >= 4 is 17.9 Å². The zero-order valence-corrected chi connectivity index (χ0v) is 9.10. The highest BCUT2D eigenvalue weighted by atomic mass is 32.1. The van der Waals surface area contributed by atoms with Crippen LogP contribution in [0.4, 0.5) is 13.6 Å². The lowest BCUT2D eigenvalue weighted by atomic mass is 10.1. The monoisotopic (exact) mass is 231 g/mol. The van der Waals surface area contributed by atoms with Crippen molar-refractivity contribution in [3.8, 4) is 0 Å². The number of carbonyl (C=O) groups is 1. The molecule has 0 radical (unpaired) electrons. The Kier molecular flexibility index (Phi) is 4.08. The highest BCUT2D eigenvalue weighted by Gasteiger charge is 2.07. The highest BCUT2D eigenvalue weighted by Crippen LogP contribution is 2.10. The van der Waals surface area contributed by atoms with Gasteiger partial charge >= 0.3 is 0 Å². The Labute approximate surface area is 92.3 Å². The third-order valence-corrected chi connectivity index (χ3v) is 2.40. The molecule has 1 rings (SSSR count). The molecule has 1 amide bonds. The van der Waals surface area contributed by atoms with Crippen LogP contribution in [-0.2, 0) is 6.42 Å². The predicted molar refractivity (Wildman–Crippen MR) is 57.1 cm³/mol. The van der Waals surface area contributed by atoms with Gasteiger partial charge in [-0.2, -0.15) is 0 Å². The zero-order valence-electron chi connectivity index (χ0n) is 8.20. The smallest absolute Gasteiger partial charge is 0.278 e. The molecule has 0 fully saturated rings. The SMILES string of the molecule is CN(CCc1ccc(F)cc1F)C(=O)S. The molecule has 0 bridgehead atoms. The van der Waals surface area contributed by atoms with E-state index in [2.05, 4.69) is 12.6 Å². The first-order valence-corrected chi connectivity index (χ1v) is 4.83. The molecular formula is C10H11F2NOS. The van der Waals surface area contributed by atoms with Crippen molar-refractivity contribution in [2.24, 2.45) is 0 Å². The maximum absolute atomic E-state index is 13.1. The van der Waals surface area contributed by atoms with Crippen molar-refractivity contribution < 1.29 is 13.6 Å². The van der Waals surface area contributed by atoms with E-state index in [1.54, 1.807) is 7.05 Å². The first kappa shape index (κ1) is 12.0. The second kappa shape index (κ2) is 5.11. The van der Waals surface area contributed by atoms with Crippen LogP contribution in [-0.4, -0.2) is 23.7 Å². The molecular weight excluding hydrogens is 220 g/mol. The molecule has 0 aliphatic rings. The lowest BCUT2D eigenvalue weighted by Crippen LogP contribution is -2.23. The van der Waals surface area contributed by atoms with E-state index in [1.807, 2.05) is 0 Å². The molecule has 0 saturated heterocycles. The summed E-state index contributed by atoms with van der Waals surface area (Å²) in [6.45, 7) is 0.352. The molecule has 0 saturated carbocycles. The molecule has 15 heavy (non-hydrogen) atoms. The van der Waals surface area contributed by atoms with Gasteiger partial charge in [-0.05, 0) is 18.1 Å². The minimum atomic E-state index is -0.602. The standard InChI is InChI=1S/C10H11F2NOS/c1-13(10(14)15)5-4-7-2-3-8(11)6-9(7)12/h2-3,6H,4-5H2,1H3,(H,14,15). The molecule has 0 aliphatic carbocycles. The van der Waals surface area contributed by atoms with E-state index >= 15 is 0 Å². The van der Waals surface area contributed by atoms with Gasteiger partial charge < -0.3 is 4.90 Å². The number of hydrogen-bond donors (Lipinski definition) is 1. The molecule has 0 atom stereocenters. The minimum Gasteiger partial charge on any atom is -0.337 e. The number of carbonyl (C=O) groups excluding carboxylic acids is 1. The van der Waals surface area contributed by atoms with Crippen LogP contribution < -0.4 is 0 Å². The Morgan fingerprint density at radius 1 is 1.47 bits per heavy atom. The summed E-state index contributed by atoms with van der Waals surface area (Å²) in [4.78, 5) is 12.1. The van der Waals surface area contributed by atoms with E-state index in [0.29, 0.717) is 18.5 Å². The van der Waals surface area contributed by atoms with Crippen LogP contribution in [0.5, 0.6) is 0 Å². The van der Waals surface area contributed by atoms with Gasteiger partial charge in [0.15, 0.2) is 0 Å². The summed E-state index contributed by atoms with van der Waals surface area (Å²) in [7, 11) is 1.57. The Morgan fingerprint density at radius 3 is 2.67 bits per heavy atom. The third-order valence-electron chi connectivity index (χ3n) is 2.06. The molecule has 2 nitrogen and oxygen atoms in total. The van der Waals surface area contributed by atoms with Gasteiger partial charge in [0.2, 0.25) is 0 Å². The molecule has 82 valence electrons. The lowest BCUT2D eigenvalue weighted by molar-refractivity contribution is 0.234. The number of amides is 1.